The van der Waals surface area contributed by atoms with Crippen molar-refractivity contribution >= 4 is 17.2 Å². The highest BCUT2D eigenvalue weighted by atomic mass is 15.4. The van der Waals surface area contributed by atoms with Crippen LogP contribution in [-0.2, 0) is 5.41 Å². The normalized spacial score (nSPS) is 12.5. The zero-order chi connectivity index (χ0) is 19.2. The molecule has 4 aromatic rings. The SMILES string of the molecule is Cc1n[n-]c(N=Nc2c(C(C)(C)C)nn3c(C)n[n-]c23)c1-c1ccccc1. The summed E-state index contributed by atoms with van der Waals surface area (Å²) in [7, 11) is 0. The zero-order valence-corrected chi connectivity index (χ0v) is 16.0. The first-order chi connectivity index (χ1) is 12.9. The molecule has 4 rings (SSSR count). The van der Waals surface area contributed by atoms with E-state index in [9.17, 15) is 0 Å². The van der Waals surface area contributed by atoms with Crippen molar-refractivity contribution in [2.24, 2.45) is 10.2 Å². The van der Waals surface area contributed by atoms with Gasteiger partial charge in [0.25, 0.3) is 0 Å². The van der Waals surface area contributed by atoms with Crippen LogP contribution in [0.25, 0.3) is 16.8 Å². The molecule has 0 spiro atoms. The van der Waals surface area contributed by atoms with Crippen molar-refractivity contribution in [1.82, 2.24) is 30.0 Å². The third kappa shape index (κ3) is 2.92. The predicted molar refractivity (Wildman–Crippen MR) is 102 cm³/mol. The average Bonchev–Trinajstić information content (AvgIpc) is 3.28. The average molecular weight is 360 g/mol. The van der Waals surface area contributed by atoms with Gasteiger partial charge >= 0.3 is 0 Å². The molecule has 0 aliphatic heterocycles. The first-order valence-corrected chi connectivity index (χ1v) is 8.72. The highest BCUT2D eigenvalue weighted by molar-refractivity contribution is 5.75. The van der Waals surface area contributed by atoms with Gasteiger partial charge in [0, 0.05) is 28.1 Å². The summed E-state index contributed by atoms with van der Waals surface area (Å²) in [6.07, 6.45) is 0. The molecule has 0 saturated heterocycles. The Bertz CT molecular complexity index is 1120. The summed E-state index contributed by atoms with van der Waals surface area (Å²) in [5.74, 6) is 1.19. The molecule has 0 N–H and O–H groups in total. The number of azo groups is 1. The van der Waals surface area contributed by atoms with Gasteiger partial charge in [-0.15, -0.1) is 0 Å². The molecule has 0 amide bonds. The van der Waals surface area contributed by atoms with Gasteiger partial charge in [0.15, 0.2) is 0 Å². The van der Waals surface area contributed by atoms with E-state index in [0.717, 1.165) is 22.5 Å². The van der Waals surface area contributed by atoms with Gasteiger partial charge in [-0.1, -0.05) is 51.1 Å². The number of hydrogen-bond acceptors (Lipinski definition) is 5. The number of rotatable bonds is 3. The number of hydrogen-bond donors (Lipinski definition) is 0. The van der Waals surface area contributed by atoms with Gasteiger partial charge in [-0.25, -0.2) is 0 Å². The van der Waals surface area contributed by atoms with Gasteiger partial charge in [0.1, 0.15) is 0 Å². The van der Waals surface area contributed by atoms with Gasteiger partial charge in [0.05, 0.1) is 11.4 Å². The van der Waals surface area contributed by atoms with Crippen molar-refractivity contribution in [3.63, 3.8) is 0 Å². The van der Waals surface area contributed by atoms with Crippen molar-refractivity contribution < 1.29 is 0 Å². The maximum Gasteiger partial charge on any atom is 0.0862 e. The fourth-order valence-corrected chi connectivity index (χ4v) is 2.97. The Hall–Kier alpha value is -3.29. The zero-order valence-electron chi connectivity index (χ0n) is 16.0. The third-order valence-corrected chi connectivity index (χ3v) is 4.33. The summed E-state index contributed by atoms with van der Waals surface area (Å²) < 4.78 is 1.70. The monoisotopic (exact) mass is 360 g/mol. The molecule has 3 aromatic heterocycles. The minimum absolute atomic E-state index is 0.211. The standard InChI is InChI=1S/C19H20N8/c1-11-14(13-9-7-6-8-10-13)17(23-20-11)24-22-15-16(19(3,4)5)26-27-12(2)21-25-18(15)27/h6-10H,1-5H3/q-2. The maximum absolute atomic E-state index is 4.64. The van der Waals surface area contributed by atoms with E-state index in [4.69, 9.17) is 0 Å². The molecule has 1 aromatic carbocycles. The van der Waals surface area contributed by atoms with Crippen molar-refractivity contribution in [2.75, 3.05) is 0 Å². The quantitative estimate of drug-likeness (QED) is 0.514. The van der Waals surface area contributed by atoms with Crippen LogP contribution in [0.2, 0.25) is 0 Å². The van der Waals surface area contributed by atoms with Gasteiger partial charge in [0.2, 0.25) is 0 Å². The molecule has 0 atom stereocenters. The van der Waals surface area contributed by atoms with Crippen LogP contribution in [0.15, 0.2) is 40.6 Å². The number of benzene rings is 1. The lowest BCUT2D eigenvalue weighted by atomic mass is 9.91. The lowest BCUT2D eigenvalue weighted by Crippen LogP contribution is -2.12. The van der Waals surface area contributed by atoms with Crippen molar-refractivity contribution in [1.29, 1.82) is 0 Å². The number of aromatic nitrogens is 6. The molecule has 8 nitrogen and oxygen atoms in total. The molecule has 0 fully saturated rings. The first kappa shape index (κ1) is 17.1. The summed E-state index contributed by atoms with van der Waals surface area (Å²) in [5.41, 5.74) is 4.52. The lowest BCUT2D eigenvalue weighted by molar-refractivity contribution is 0.561. The second-order valence-electron chi connectivity index (χ2n) is 7.48. The summed E-state index contributed by atoms with van der Waals surface area (Å²) in [6, 6.07) is 9.94. The van der Waals surface area contributed by atoms with Crippen LogP contribution in [0.4, 0.5) is 11.5 Å². The van der Waals surface area contributed by atoms with E-state index in [-0.39, 0.29) is 5.41 Å². The Labute approximate surface area is 156 Å². The van der Waals surface area contributed by atoms with Crippen LogP contribution >= 0.6 is 0 Å². The van der Waals surface area contributed by atoms with Crippen LogP contribution in [0, 0.1) is 13.8 Å². The molecule has 0 aliphatic rings. The van der Waals surface area contributed by atoms with E-state index in [1.165, 1.54) is 0 Å². The fourth-order valence-electron chi connectivity index (χ4n) is 2.97. The largest absolute Gasteiger partial charge is 0.352 e. The molecule has 138 valence electrons. The molecule has 0 bridgehead atoms. The Kier molecular flexibility index (Phi) is 3.91. The second-order valence-corrected chi connectivity index (χ2v) is 7.48. The highest BCUT2D eigenvalue weighted by Gasteiger charge is 2.21. The second kappa shape index (κ2) is 6.15. The predicted octanol–water partition coefficient (Wildman–Crippen LogP) is 4.04. The van der Waals surface area contributed by atoms with E-state index < -0.39 is 0 Å². The van der Waals surface area contributed by atoms with E-state index in [0.29, 0.717) is 23.0 Å². The Morgan fingerprint density at radius 2 is 1.70 bits per heavy atom. The van der Waals surface area contributed by atoms with Crippen LogP contribution in [-0.4, -0.2) is 19.8 Å². The van der Waals surface area contributed by atoms with E-state index in [1.54, 1.807) is 4.52 Å². The van der Waals surface area contributed by atoms with Crippen molar-refractivity contribution in [3.8, 4) is 11.1 Å². The van der Waals surface area contributed by atoms with Gasteiger partial charge in [-0.05, 0) is 25.2 Å². The number of aryl methyl sites for hydroxylation is 2. The molecule has 27 heavy (non-hydrogen) atoms. The van der Waals surface area contributed by atoms with Gasteiger partial charge < -0.3 is 19.8 Å². The van der Waals surface area contributed by atoms with Crippen LogP contribution in [0.3, 0.4) is 0 Å². The molecule has 0 aliphatic carbocycles. The Balaban J connectivity index is 1.83. The van der Waals surface area contributed by atoms with Crippen LogP contribution in [0.5, 0.6) is 0 Å². The highest BCUT2D eigenvalue weighted by Crippen LogP contribution is 2.36. The molecular weight excluding hydrogens is 340 g/mol. The van der Waals surface area contributed by atoms with E-state index in [2.05, 4.69) is 56.5 Å². The van der Waals surface area contributed by atoms with Gasteiger partial charge in [-0.2, -0.15) is 0 Å². The number of fused-ring (bicyclic) bond motifs is 1. The van der Waals surface area contributed by atoms with E-state index in [1.807, 2.05) is 44.2 Å². The molecule has 0 unspecified atom stereocenters. The van der Waals surface area contributed by atoms with Crippen LogP contribution in [0.1, 0.15) is 38.0 Å². The summed E-state index contributed by atoms with van der Waals surface area (Å²) >= 11 is 0. The molecule has 0 radical (unpaired) electrons. The van der Waals surface area contributed by atoms with Crippen molar-refractivity contribution in [3.05, 3.63) is 47.5 Å². The first-order valence-electron chi connectivity index (χ1n) is 8.72. The Morgan fingerprint density at radius 3 is 2.41 bits per heavy atom. The minimum Gasteiger partial charge on any atom is -0.352 e. The summed E-state index contributed by atoms with van der Waals surface area (Å²) in [5, 5.41) is 30.2. The maximum atomic E-state index is 4.64. The summed E-state index contributed by atoms with van der Waals surface area (Å²) in [6.45, 7) is 10.0. The molecular formula is C19H20N8-2. The Morgan fingerprint density at radius 1 is 0.963 bits per heavy atom. The van der Waals surface area contributed by atoms with Crippen LogP contribution < -0.4 is 10.2 Å². The molecule has 0 saturated carbocycles. The third-order valence-electron chi connectivity index (χ3n) is 4.33. The minimum atomic E-state index is -0.211. The van der Waals surface area contributed by atoms with Gasteiger partial charge in [-0.3, -0.25) is 20.4 Å². The summed E-state index contributed by atoms with van der Waals surface area (Å²) in [4.78, 5) is 0. The molecule has 8 heteroatoms. The lowest BCUT2D eigenvalue weighted by Gasteiger charge is -2.17. The molecule has 3 heterocycles. The number of nitrogens with zero attached hydrogens (tertiary/aromatic N) is 8. The van der Waals surface area contributed by atoms with Crippen molar-refractivity contribution in [2.45, 2.75) is 40.0 Å². The smallest absolute Gasteiger partial charge is 0.0862 e. The topological polar surface area (TPSA) is 96.0 Å². The fraction of sp³-hybridized carbons (Fsp3) is 0.316. The van der Waals surface area contributed by atoms with E-state index >= 15 is 0 Å².